The summed E-state index contributed by atoms with van der Waals surface area (Å²) < 4.78 is 0. The maximum absolute atomic E-state index is 4.66. The number of nitrogens with zero attached hydrogens (tertiary/aromatic N) is 2. The normalized spacial score (nSPS) is 10.6. The highest BCUT2D eigenvalue weighted by Gasteiger charge is 2.07. The Kier molecular flexibility index (Phi) is 3.38. The van der Waals surface area contributed by atoms with Gasteiger partial charge in [-0.25, -0.2) is 4.98 Å². The first-order valence-electron chi connectivity index (χ1n) is 6.33. The van der Waals surface area contributed by atoms with Crippen molar-refractivity contribution < 1.29 is 0 Å². The van der Waals surface area contributed by atoms with E-state index in [1.807, 2.05) is 18.2 Å². The third kappa shape index (κ3) is 2.56. The quantitative estimate of drug-likeness (QED) is 0.700. The lowest BCUT2D eigenvalue weighted by Crippen LogP contribution is -1.83. The van der Waals surface area contributed by atoms with Gasteiger partial charge in [-0.1, -0.05) is 37.3 Å². The van der Waals surface area contributed by atoms with E-state index in [9.17, 15) is 0 Å². The van der Waals surface area contributed by atoms with Gasteiger partial charge in [0, 0.05) is 17.1 Å². The fourth-order valence-corrected chi connectivity index (χ4v) is 2.73. The van der Waals surface area contributed by atoms with Crippen LogP contribution in [0.15, 0.2) is 54.0 Å². The van der Waals surface area contributed by atoms with E-state index in [2.05, 4.69) is 46.5 Å². The van der Waals surface area contributed by atoms with Crippen LogP contribution >= 0.6 is 11.3 Å². The van der Waals surface area contributed by atoms with Crippen molar-refractivity contribution in [2.75, 3.05) is 0 Å². The molecule has 0 aliphatic carbocycles. The smallest absolute Gasteiger partial charge is 0.142 e. The Labute approximate surface area is 116 Å². The van der Waals surface area contributed by atoms with Gasteiger partial charge in [0.2, 0.25) is 0 Å². The summed E-state index contributed by atoms with van der Waals surface area (Å²) in [6, 6.07) is 14.5. The van der Waals surface area contributed by atoms with Crippen molar-refractivity contribution in [2.24, 2.45) is 0 Å². The lowest BCUT2D eigenvalue weighted by molar-refractivity contribution is 1.14. The zero-order valence-electron chi connectivity index (χ0n) is 10.7. The van der Waals surface area contributed by atoms with Crippen LogP contribution in [0.5, 0.6) is 0 Å². The van der Waals surface area contributed by atoms with E-state index >= 15 is 0 Å². The van der Waals surface area contributed by atoms with E-state index in [0.717, 1.165) is 28.4 Å². The molecule has 2 heterocycles. The number of pyridine rings is 1. The minimum Gasteiger partial charge on any atom is -0.254 e. The first-order chi connectivity index (χ1) is 9.36. The molecule has 0 spiro atoms. The number of hydrogen-bond acceptors (Lipinski definition) is 3. The summed E-state index contributed by atoms with van der Waals surface area (Å²) in [5, 5.41) is 3.06. The lowest BCUT2D eigenvalue weighted by Gasteiger charge is -1.99. The minimum atomic E-state index is 0.934. The number of aryl methyl sites for hydroxylation is 1. The first-order valence-corrected chi connectivity index (χ1v) is 7.21. The molecule has 0 aliphatic rings. The number of thiazole rings is 1. The molecular weight excluding hydrogens is 252 g/mol. The molecule has 1 aromatic carbocycles. The van der Waals surface area contributed by atoms with E-state index in [4.69, 9.17) is 0 Å². The zero-order valence-corrected chi connectivity index (χ0v) is 11.5. The minimum absolute atomic E-state index is 0.934. The van der Waals surface area contributed by atoms with Gasteiger partial charge in [-0.05, 0) is 24.1 Å². The summed E-state index contributed by atoms with van der Waals surface area (Å²) in [6.45, 7) is 2.16. The molecule has 3 aromatic rings. The number of rotatable bonds is 3. The first kappa shape index (κ1) is 12.1. The maximum atomic E-state index is 4.66. The standard InChI is InChI=1S/C16H14N2S/c1-2-12-6-8-13(9-7-12)15-11-19-16(18-15)14-5-3-4-10-17-14/h3-11H,2H2,1H3. The molecule has 3 rings (SSSR count). The van der Waals surface area contributed by atoms with Crippen molar-refractivity contribution in [3.8, 4) is 22.0 Å². The molecule has 0 amide bonds. The van der Waals surface area contributed by atoms with Crippen molar-refractivity contribution in [2.45, 2.75) is 13.3 Å². The fraction of sp³-hybridized carbons (Fsp3) is 0.125. The highest BCUT2D eigenvalue weighted by molar-refractivity contribution is 7.13. The molecule has 94 valence electrons. The van der Waals surface area contributed by atoms with Gasteiger partial charge in [-0.3, -0.25) is 4.98 Å². The molecular formula is C16H14N2S. The van der Waals surface area contributed by atoms with Gasteiger partial charge in [0.05, 0.1) is 11.4 Å². The summed E-state index contributed by atoms with van der Waals surface area (Å²) in [5.74, 6) is 0. The van der Waals surface area contributed by atoms with Crippen LogP contribution in [0.4, 0.5) is 0 Å². The van der Waals surface area contributed by atoms with Crippen LogP contribution in [0.3, 0.4) is 0 Å². The molecule has 0 aliphatic heterocycles. The topological polar surface area (TPSA) is 25.8 Å². The van der Waals surface area contributed by atoms with Crippen molar-refractivity contribution in [1.29, 1.82) is 0 Å². The van der Waals surface area contributed by atoms with Crippen LogP contribution in [-0.2, 0) is 6.42 Å². The molecule has 0 saturated heterocycles. The van der Waals surface area contributed by atoms with Crippen molar-refractivity contribution in [3.05, 3.63) is 59.6 Å². The van der Waals surface area contributed by atoms with E-state index in [0.29, 0.717) is 0 Å². The largest absolute Gasteiger partial charge is 0.254 e. The molecule has 2 nitrogen and oxygen atoms in total. The van der Waals surface area contributed by atoms with Crippen LogP contribution in [0.1, 0.15) is 12.5 Å². The summed E-state index contributed by atoms with van der Waals surface area (Å²) in [5.41, 5.74) is 4.47. The Bertz CT molecular complexity index is 657. The Hall–Kier alpha value is -2.00. The van der Waals surface area contributed by atoms with Crippen molar-refractivity contribution in [3.63, 3.8) is 0 Å². The second-order valence-electron chi connectivity index (χ2n) is 4.30. The highest BCUT2D eigenvalue weighted by atomic mass is 32.1. The molecule has 0 unspecified atom stereocenters. The lowest BCUT2D eigenvalue weighted by atomic mass is 10.1. The van der Waals surface area contributed by atoms with Crippen LogP contribution in [-0.4, -0.2) is 9.97 Å². The highest BCUT2D eigenvalue weighted by Crippen LogP contribution is 2.27. The second kappa shape index (κ2) is 5.33. The molecule has 0 radical (unpaired) electrons. The molecule has 0 N–H and O–H groups in total. The SMILES string of the molecule is CCc1ccc(-c2csc(-c3ccccn3)n2)cc1. The van der Waals surface area contributed by atoms with Gasteiger partial charge in [-0.2, -0.15) is 0 Å². The van der Waals surface area contributed by atoms with E-state index in [1.54, 1.807) is 17.5 Å². The van der Waals surface area contributed by atoms with Gasteiger partial charge in [0.25, 0.3) is 0 Å². The number of aromatic nitrogens is 2. The van der Waals surface area contributed by atoms with Crippen LogP contribution in [0.25, 0.3) is 22.0 Å². The Morgan fingerprint density at radius 3 is 2.53 bits per heavy atom. The Morgan fingerprint density at radius 2 is 1.84 bits per heavy atom. The van der Waals surface area contributed by atoms with E-state index < -0.39 is 0 Å². The molecule has 0 atom stereocenters. The summed E-state index contributed by atoms with van der Waals surface area (Å²) in [7, 11) is 0. The van der Waals surface area contributed by atoms with E-state index in [1.165, 1.54) is 5.56 Å². The van der Waals surface area contributed by atoms with Crippen LogP contribution in [0.2, 0.25) is 0 Å². The third-order valence-electron chi connectivity index (χ3n) is 3.05. The predicted octanol–water partition coefficient (Wildman–Crippen LogP) is 4.43. The third-order valence-corrected chi connectivity index (χ3v) is 3.91. The van der Waals surface area contributed by atoms with Gasteiger partial charge < -0.3 is 0 Å². The van der Waals surface area contributed by atoms with Crippen LogP contribution in [0, 0.1) is 0 Å². The Balaban J connectivity index is 1.92. The molecule has 19 heavy (non-hydrogen) atoms. The average Bonchev–Trinajstić information content (AvgIpc) is 2.98. The van der Waals surface area contributed by atoms with Gasteiger partial charge in [0.1, 0.15) is 5.01 Å². The zero-order chi connectivity index (χ0) is 13.1. The van der Waals surface area contributed by atoms with Gasteiger partial charge in [0.15, 0.2) is 0 Å². The molecule has 0 bridgehead atoms. The van der Waals surface area contributed by atoms with Crippen molar-refractivity contribution in [1.82, 2.24) is 9.97 Å². The van der Waals surface area contributed by atoms with Crippen molar-refractivity contribution >= 4 is 11.3 Å². The molecule has 3 heteroatoms. The summed E-state index contributed by atoms with van der Waals surface area (Å²) in [4.78, 5) is 8.99. The monoisotopic (exact) mass is 266 g/mol. The second-order valence-corrected chi connectivity index (χ2v) is 5.16. The fourth-order valence-electron chi connectivity index (χ4n) is 1.92. The summed E-state index contributed by atoms with van der Waals surface area (Å²) >= 11 is 1.63. The number of hydrogen-bond donors (Lipinski definition) is 0. The number of benzene rings is 1. The molecule has 0 saturated carbocycles. The van der Waals surface area contributed by atoms with E-state index in [-0.39, 0.29) is 0 Å². The van der Waals surface area contributed by atoms with Gasteiger partial charge in [-0.15, -0.1) is 11.3 Å². The average molecular weight is 266 g/mol. The van der Waals surface area contributed by atoms with Gasteiger partial charge >= 0.3 is 0 Å². The Morgan fingerprint density at radius 1 is 1.00 bits per heavy atom. The summed E-state index contributed by atoms with van der Waals surface area (Å²) in [6.07, 6.45) is 2.86. The van der Waals surface area contributed by atoms with Crippen LogP contribution < -0.4 is 0 Å². The molecule has 2 aromatic heterocycles. The molecule has 0 fully saturated rings. The maximum Gasteiger partial charge on any atom is 0.142 e. The predicted molar refractivity (Wildman–Crippen MR) is 80.2 cm³/mol.